The summed E-state index contributed by atoms with van der Waals surface area (Å²) in [6, 6.07) is 4.11. The molecule has 1 aromatic rings. The van der Waals surface area contributed by atoms with Gasteiger partial charge in [0.1, 0.15) is 0 Å². The smallest absolute Gasteiger partial charge is 0.162 e. The van der Waals surface area contributed by atoms with E-state index in [2.05, 4.69) is 44.8 Å². The summed E-state index contributed by atoms with van der Waals surface area (Å²) in [6.45, 7) is 4.36. The molecule has 20 heavy (non-hydrogen) atoms. The van der Waals surface area contributed by atoms with E-state index in [4.69, 9.17) is 14.2 Å². The van der Waals surface area contributed by atoms with Crippen LogP contribution in [0.25, 0.3) is 0 Å². The largest absolute Gasteiger partial charge is 0.490 e. The fraction of sp³-hybridized carbons (Fsp3) is 0.600. The van der Waals surface area contributed by atoms with Gasteiger partial charge in [-0.2, -0.15) is 0 Å². The number of rotatable bonds is 2. The van der Waals surface area contributed by atoms with Gasteiger partial charge >= 0.3 is 0 Å². The zero-order chi connectivity index (χ0) is 14.1. The van der Waals surface area contributed by atoms with E-state index in [1.54, 1.807) is 0 Å². The number of alkyl halides is 1. The Balaban J connectivity index is 1.87. The molecular formula is C15H18Br2O3. The first-order chi connectivity index (χ1) is 9.65. The van der Waals surface area contributed by atoms with Crippen LogP contribution in [0, 0.1) is 5.92 Å². The van der Waals surface area contributed by atoms with Crippen molar-refractivity contribution in [2.24, 2.45) is 5.92 Å². The second-order valence-corrected chi connectivity index (χ2v) is 7.25. The van der Waals surface area contributed by atoms with Crippen LogP contribution in [0.15, 0.2) is 16.6 Å². The molecule has 1 fully saturated rings. The van der Waals surface area contributed by atoms with Crippen LogP contribution in [-0.2, 0) is 4.74 Å². The van der Waals surface area contributed by atoms with Crippen molar-refractivity contribution in [1.29, 1.82) is 0 Å². The minimum absolute atomic E-state index is 0.263. The molecule has 3 nitrogen and oxygen atoms in total. The standard InChI is InChI=1S/C15H18Br2O3/c1-9-5-10(8-20-9)15(17)11-6-13-14(7-12(11)16)19-4-2-3-18-13/h6-7,9-10,15H,2-5,8H2,1H3. The zero-order valence-electron chi connectivity index (χ0n) is 11.4. The molecule has 2 aliphatic heterocycles. The van der Waals surface area contributed by atoms with Gasteiger partial charge in [0.2, 0.25) is 0 Å². The molecule has 2 aliphatic rings. The van der Waals surface area contributed by atoms with Gasteiger partial charge in [-0.15, -0.1) is 0 Å². The van der Waals surface area contributed by atoms with Gasteiger partial charge in [-0.1, -0.05) is 31.9 Å². The van der Waals surface area contributed by atoms with E-state index in [1.807, 2.05) is 6.07 Å². The molecule has 3 atom stereocenters. The van der Waals surface area contributed by atoms with E-state index in [0.29, 0.717) is 25.2 Å². The summed E-state index contributed by atoms with van der Waals surface area (Å²) in [5, 5.41) is 0. The summed E-state index contributed by atoms with van der Waals surface area (Å²) in [4.78, 5) is 0.263. The van der Waals surface area contributed by atoms with Crippen LogP contribution >= 0.6 is 31.9 Å². The molecular weight excluding hydrogens is 388 g/mol. The predicted octanol–water partition coefficient (Wildman–Crippen LogP) is 4.47. The molecule has 1 saturated heterocycles. The molecule has 0 aromatic heterocycles. The summed E-state index contributed by atoms with van der Waals surface area (Å²) in [7, 11) is 0. The summed E-state index contributed by atoms with van der Waals surface area (Å²) in [5.41, 5.74) is 1.21. The Kier molecular flexibility index (Phi) is 4.58. The molecule has 0 saturated carbocycles. The van der Waals surface area contributed by atoms with Crippen molar-refractivity contribution in [2.45, 2.75) is 30.7 Å². The first-order valence-electron chi connectivity index (χ1n) is 7.00. The minimum atomic E-state index is 0.263. The quantitative estimate of drug-likeness (QED) is 0.679. The Morgan fingerprint density at radius 1 is 1.20 bits per heavy atom. The molecule has 2 heterocycles. The van der Waals surface area contributed by atoms with Crippen LogP contribution in [-0.4, -0.2) is 25.9 Å². The van der Waals surface area contributed by atoms with E-state index in [1.165, 1.54) is 5.56 Å². The van der Waals surface area contributed by atoms with Gasteiger partial charge in [-0.05, 0) is 31.0 Å². The average Bonchev–Trinajstić information content (AvgIpc) is 2.73. The zero-order valence-corrected chi connectivity index (χ0v) is 14.6. The van der Waals surface area contributed by atoms with Crippen molar-refractivity contribution in [3.63, 3.8) is 0 Å². The molecule has 3 unspecified atom stereocenters. The Labute approximate surface area is 136 Å². The van der Waals surface area contributed by atoms with E-state index in [-0.39, 0.29) is 4.83 Å². The lowest BCUT2D eigenvalue weighted by Gasteiger charge is -2.20. The minimum Gasteiger partial charge on any atom is -0.490 e. The maximum absolute atomic E-state index is 5.78. The van der Waals surface area contributed by atoms with Crippen LogP contribution in [0.2, 0.25) is 0 Å². The molecule has 0 radical (unpaired) electrons. The summed E-state index contributed by atoms with van der Waals surface area (Å²) < 4.78 is 18.2. The van der Waals surface area contributed by atoms with Crippen LogP contribution < -0.4 is 9.47 Å². The summed E-state index contributed by atoms with van der Waals surface area (Å²) in [6.07, 6.45) is 2.35. The van der Waals surface area contributed by atoms with E-state index in [0.717, 1.165) is 35.4 Å². The van der Waals surface area contributed by atoms with Crippen LogP contribution in [0.5, 0.6) is 11.5 Å². The molecule has 0 amide bonds. The highest BCUT2D eigenvalue weighted by Crippen LogP contribution is 2.45. The fourth-order valence-electron chi connectivity index (χ4n) is 2.72. The Morgan fingerprint density at radius 3 is 2.55 bits per heavy atom. The van der Waals surface area contributed by atoms with Gasteiger partial charge in [0.15, 0.2) is 11.5 Å². The molecule has 5 heteroatoms. The van der Waals surface area contributed by atoms with Crippen molar-refractivity contribution in [2.75, 3.05) is 19.8 Å². The molecule has 0 spiro atoms. The lowest BCUT2D eigenvalue weighted by atomic mass is 9.96. The maximum Gasteiger partial charge on any atom is 0.162 e. The molecule has 110 valence electrons. The van der Waals surface area contributed by atoms with Crippen LogP contribution in [0.4, 0.5) is 0 Å². The lowest BCUT2D eigenvalue weighted by Crippen LogP contribution is -2.08. The highest BCUT2D eigenvalue weighted by Gasteiger charge is 2.31. The van der Waals surface area contributed by atoms with Crippen molar-refractivity contribution in [1.82, 2.24) is 0 Å². The SMILES string of the molecule is CC1CC(C(Br)c2cc3c(cc2Br)OCCCO3)CO1. The summed E-state index contributed by atoms with van der Waals surface area (Å²) >= 11 is 7.49. The Hall–Kier alpha value is -0.260. The average molecular weight is 406 g/mol. The first-order valence-corrected chi connectivity index (χ1v) is 8.70. The van der Waals surface area contributed by atoms with Crippen LogP contribution in [0.3, 0.4) is 0 Å². The van der Waals surface area contributed by atoms with Gasteiger partial charge in [-0.3, -0.25) is 0 Å². The van der Waals surface area contributed by atoms with E-state index in [9.17, 15) is 0 Å². The molecule has 0 N–H and O–H groups in total. The molecule has 0 aliphatic carbocycles. The third kappa shape index (κ3) is 3.00. The third-order valence-electron chi connectivity index (χ3n) is 3.81. The van der Waals surface area contributed by atoms with Crippen molar-refractivity contribution >= 4 is 31.9 Å². The number of fused-ring (bicyclic) bond motifs is 1. The Morgan fingerprint density at radius 2 is 1.90 bits per heavy atom. The number of halogens is 2. The second kappa shape index (κ2) is 6.24. The predicted molar refractivity (Wildman–Crippen MR) is 84.9 cm³/mol. The normalized spacial score (nSPS) is 27.1. The molecule has 1 aromatic carbocycles. The van der Waals surface area contributed by atoms with Gasteiger partial charge in [0.25, 0.3) is 0 Å². The van der Waals surface area contributed by atoms with Crippen LogP contribution in [0.1, 0.15) is 30.2 Å². The topological polar surface area (TPSA) is 27.7 Å². The molecule has 0 bridgehead atoms. The Bertz CT molecular complexity index is 492. The lowest BCUT2D eigenvalue weighted by molar-refractivity contribution is 0.120. The van der Waals surface area contributed by atoms with Gasteiger partial charge in [0, 0.05) is 21.6 Å². The number of hydrogen-bond acceptors (Lipinski definition) is 3. The number of ether oxygens (including phenoxy) is 3. The number of hydrogen-bond donors (Lipinski definition) is 0. The maximum atomic E-state index is 5.78. The van der Waals surface area contributed by atoms with E-state index < -0.39 is 0 Å². The second-order valence-electron chi connectivity index (χ2n) is 5.41. The highest BCUT2D eigenvalue weighted by atomic mass is 79.9. The van der Waals surface area contributed by atoms with Crippen molar-refractivity contribution in [3.05, 3.63) is 22.2 Å². The van der Waals surface area contributed by atoms with Crippen molar-refractivity contribution < 1.29 is 14.2 Å². The monoisotopic (exact) mass is 404 g/mol. The van der Waals surface area contributed by atoms with E-state index >= 15 is 0 Å². The van der Waals surface area contributed by atoms with Gasteiger partial charge < -0.3 is 14.2 Å². The van der Waals surface area contributed by atoms with Crippen molar-refractivity contribution in [3.8, 4) is 11.5 Å². The summed E-state index contributed by atoms with van der Waals surface area (Å²) in [5.74, 6) is 2.16. The molecule has 3 rings (SSSR count). The highest BCUT2D eigenvalue weighted by molar-refractivity contribution is 9.11. The fourth-order valence-corrected chi connectivity index (χ4v) is 4.34. The van der Waals surface area contributed by atoms with Gasteiger partial charge in [0.05, 0.1) is 25.9 Å². The van der Waals surface area contributed by atoms with Gasteiger partial charge in [-0.25, -0.2) is 0 Å². The first kappa shape index (κ1) is 14.7. The third-order valence-corrected chi connectivity index (χ3v) is 5.73. The number of benzene rings is 1.